The third kappa shape index (κ3) is 14.1. The quantitative estimate of drug-likeness (QED) is 0.0784. The Morgan fingerprint density at radius 3 is 2.51 bits per heavy atom. The zero-order valence-corrected chi connectivity index (χ0v) is 24.4. The van der Waals surface area contributed by atoms with Gasteiger partial charge in [0.2, 0.25) is 0 Å². The normalized spacial score (nSPS) is 12.9. The highest BCUT2D eigenvalue weighted by Crippen LogP contribution is 2.28. The van der Waals surface area contributed by atoms with Crippen molar-refractivity contribution in [3.05, 3.63) is 34.9 Å². The summed E-state index contributed by atoms with van der Waals surface area (Å²) in [6.07, 6.45) is 0.248. The molecule has 11 heteroatoms. The number of methoxy groups -OCH3 is 1. The average Bonchev–Trinajstić information content (AvgIpc) is 2.89. The van der Waals surface area contributed by atoms with Gasteiger partial charge in [0.1, 0.15) is 17.8 Å². The van der Waals surface area contributed by atoms with Crippen LogP contribution in [0.5, 0.6) is 11.5 Å². The smallest absolute Gasteiger partial charge is 0.320 e. The van der Waals surface area contributed by atoms with Crippen molar-refractivity contribution in [3.8, 4) is 11.5 Å². The second-order valence-electron chi connectivity index (χ2n) is 9.48. The standard InChI is InChI=1S/C28H49F2N5O4/c1-7-9-13-33-27(34-28(31)32-5)23(20(3)4)16-21-11-12-22(17-24(21)37-6)39-15-10-14-35(18-25(29)30)19-26(36)38-8-2/h11-12,17,25,27-28,32-34H,7-10,13-16,18-19,31H2,1-6H3. The van der Waals surface area contributed by atoms with Crippen LogP contribution in [0, 0.1) is 0 Å². The van der Waals surface area contributed by atoms with E-state index >= 15 is 0 Å². The van der Waals surface area contributed by atoms with E-state index < -0.39 is 18.9 Å². The molecule has 0 spiro atoms. The Balaban J connectivity index is 2.87. The van der Waals surface area contributed by atoms with Crippen LogP contribution < -0.4 is 31.2 Å². The molecular weight excluding hydrogens is 508 g/mol. The first-order valence-electron chi connectivity index (χ1n) is 13.7. The molecule has 0 aliphatic rings. The predicted octanol–water partition coefficient (Wildman–Crippen LogP) is 3.24. The molecule has 0 fully saturated rings. The molecule has 0 aliphatic carbocycles. The minimum Gasteiger partial charge on any atom is -0.496 e. The first-order valence-corrected chi connectivity index (χ1v) is 13.7. The van der Waals surface area contributed by atoms with E-state index in [9.17, 15) is 13.6 Å². The number of nitrogens with one attached hydrogen (secondary N) is 3. The van der Waals surface area contributed by atoms with Crippen LogP contribution in [0.25, 0.3) is 0 Å². The Morgan fingerprint density at radius 1 is 1.18 bits per heavy atom. The highest BCUT2D eigenvalue weighted by molar-refractivity contribution is 5.71. The van der Waals surface area contributed by atoms with Crippen LogP contribution in [0.2, 0.25) is 0 Å². The van der Waals surface area contributed by atoms with Gasteiger partial charge >= 0.3 is 5.97 Å². The molecule has 0 amide bonds. The maximum Gasteiger partial charge on any atom is 0.320 e. The van der Waals surface area contributed by atoms with Crippen LogP contribution in [0.4, 0.5) is 8.78 Å². The molecule has 1 aromatic rings. The molecule has 1 aromatic carbocycles. The number of allylic oxidation sites excluding steroid dienone is 1. The number of unbranched alkanes of at least 4 members (excludes halogenated alkanes) is 1. The number of nitrogens with zero attached hydrogens (tertiary/aromatic N) is 1. The number of carbonyl (C=O) groups excluding carboxylic acids is 1. The van der Waals surface area contributed by atoms with Gasteiger partial charge in [0, 0.05) is 19.0 Å². The second kappa shape index (κ2) is 19.7. The zero-order chi connectivity index (χ0) is 29.2. The number of carbonyl (C=O) groups is 1. The van der Waals surface area contributed by atoms with E-state index in [1.54, 1.807) is 14.0 Å². The van der Waals surface area contributed by atoms with Crippen molar-refractivity contribution in [1.82, 2.24) is 20.9 Å². The first kappa shape index (κ1) is 34.7. The van der Waals surface area contributed by atoms with Crippen LogP contribution in [0.15, 0.2) is 29.3 Å². The second-order valence-corrected chi connectivity index (χ2v) is 9.48. The summed E-state index contributed by atoms with van der Waals surface area (Å²) in [5, 5.41) is 10.0. The van der Waals surface area contributed by atoms with Crippen molar-refractivity contribution in [2.45, 2.75) is 72.3 Å². The van der Waals surface area contributed by atoms with E-state index in [1.165, 1.54) is 16.0 Å². The molecular formula is C28H49F2N5O4. The van der Waals surface area contributed by atoms with Gasteiger partial charge in [-0.05, 0) is 64.4 Å². The van der Waals surface area contributed by atoms with Gasteiger partial charge < -0.3 is 19.9 Å². The lowest BCUT2D eigenvalue weighted by atomic mass is 9.97. The molecule has 1 rings (SSSR count). The largest absolute Gasteiger partial charge is 0.496 e. The number of halogens is 2. The maximum atomic E-state index is 12.9. The van der Waals surface area contributed by atoms with E-state index in [1.807, 2.05) is 25.2 Å². The van der Waals surface area contributed by atoms with Gasteiger partial charge in [0.15, 0.2) is 0 Å². The van der Waals surface area contributed by atoms with Crippen molar-refractivity contribution in [2.75, 3.05) is 53.6 Å². The van der Waals surface area contributed by atoms with Gasteiger partial charge in [0.25, 0.3) is 6.43 Å². The maximum absolute atomic E-state index is 12.9. The number of rotatable bonds is 21. The van der Waals surface area contributed by atoms with Crippen molar-refractivity contribution in [2.24, 2.45) is 5.73 Å². The number of alkyl halides is 2. The lowest BCUT2D eigenvalue weighted by molar-refractivity contribution is -0.144. The third-order valence-electron chi connectivity index (χ3n) is 6.11. The molecule has 0 aromatic heterocycles. The van der Waals surface area contributed by atoms with Gasteiger partial charge in [0.05, 0.1) is 39.6 Å². The third-order valence-corrected chi connectivity index (χ3v) is 6.11. The SMILES string of the molecule is CCCCNC(NC(N)NC)C(Cc1ccc(OCCCN(CC(=O)OCC)CC(F)F)cc1OC)=C(C)C. The topological polar surface area (TPSA) is 110 Å². The molecule has 0 aliphatic heterocycles. The van der Waals surface area contributed by atoms with Crippen molar-refractivity contribution in [3.63, 3.8) is 0 Å². The van der Waals surface area contributed by atoms with Gasteiger partial charge in [-0.1, -0.05) is 25.0 Å². The minimum absolute atomic E-state index is 0.115. The molecule has 0 heterocycles. The van der Waals surface area contributed by atoms with Crippen LogP contribution in [0.3, 0.4) is 0 Å². The highest BCUT2D eigenvalue weighted by atomic mass is 19.3. The van der Waals surface area contributed by atoms with Gasteiger partial charge in [-0.15, -0.1) is 0 Å². The van der Waals surface area contributed by atoms with Crippen molar-refractivity contribution < 1.29 is 27.8 Å². The first-order chi connectivity index (χ1) is 18.6. The fourth-order valence-corrected chi connectivity index (χ4v) is 4.00. The van der Waals surface area contributed by atoms with Crippen LogP contribution >= 0.6 is 0 Å². The highest BCUT2D eigenvalue weighted by Gasteiger charge is 2.20. The summed E-state index contributed by atoms with van der Waals surface area (Å²) in [6, 6.07) is 5.68. The lowest BCUT2D eigenvalue weighted by Gasteiger charge is -2.28. The summed E-state index contributed by atoms with van der Waals surface area (Å²) in [6.45, 7) is 9.01. The molecule has 5 N–H and O–H groups in total. The molecule has 224 valence electrons. The number of esters is 1. The van der Waals surface area contributed by atoms with E-state index in [0.29, 0.717) is 30.9 Å². The van der Waals surface area contributed by atoms with E-state index in [4.69, 9.17) is 19.9 Å². The fraction of sp³-hybridized carbons (Fsp3) is 0.679. The number of ether oxygens (including phenoxy) is 3. The molecule has 0 saturated heterocycles. The number of hydrogen-bond acceptors (Lipinski definition) is 9. The zero-order valence-electron chi connectivity index (χ0n) is 24.4. The molecule has 39 heavy (non-hydrogen) atoms. The Morgan fingerprint density at radius 2 is 1.92 bits per heavy atom. The van der Waals surface area contributed by atoms with Crippen LogP contribution in [-0.2, 0) is 16.0 Å². The van der Waals surface area contributed by atoms with E-state index in [2.05, 4.69) is 36.7 Å². The predicted molar refractivity (Wildman–Crippen MR) is 151 cm³/mol. The molecule has 2 atom stereocenters. The summed E-state index contributed by atoms with van der Waals surface area (Å²) in [4.78, 5) is 13.1. The number of benzene rings is 1. The molecule has 0 bridgehead atoms. The van der Waals surface area contributed by atoms with Crippen molar-refractivity contribution in [1.29, 1.82) is 0 Å². The van der Waals surface area contributed by atoms with E-state index in [0.717, 1.165) is 24.9 Å². The minimum atomic E-state index is -2.53. The van der Waals surface area contributed by atoms with Crippen molar-refractivity contribution >= 4 is 5.97 Å². The Kier molecular flexibility index (Phi) is 17.5. The monoisotopic (exact) mass is 557 g/mol. The number of hydrogen-bond donors (Lipinski definition) is 4. The van der Waals surface area contributed by atoms with Crippen LogP contribution in [0.1, 0.15) is 52.5 Å². The summed E-state index contributed by atoms with van der Waals surface area (Å²) < 4.78 is 42.2. The summed E-state index contributed by atoms with van der Waals surface area (Å²) in [5.74, 6) is 0.798. The van der Waals surface area contributed by atoms with Gasteiger partial charge in [-0.3, -0.25) is 25.6 Å². The fourth-order valence-electron chi connectivity index (χ4n) is 4.00. The summed E-state index contributed by atoms with van der Waals surface area (Å²) in [5.41, 5.74) is 9.48. The lowest BCUT2D eigenvalue weighted by Crippen LogP contribution is -2.57. The molecule has 0 radical (unpaired) electrons. The summed E-state index contributed by atoms with van der Waals surface area (Å²) >= 11 is 0. The number of nitrogens with two attached hydrogens (primary N) is 1. The molecule has 2 unspecified atom stereocenters. The molecule has 9 nitrogen and oxygen atoms in total. The van der Waals surface area contributed by atoms with Gasteiger partial charge in [-0.25, -0.2) is 8.78 Å². The summed E-state index contributed by atoms with van der Waals surface area (Å²) in [7, 11) is 3.43. The Labute approximate surface area is 232 Å². The Bertz CT molecular complexity index is 868. The van der Waals surface area contributed by atoms with E-state index in [-0.39, 0.29) is 32.2 Å². The van der Waals surface area contributed by atoms with Crippen LogP contribution in [-0.4, -0.2) is 83.3 Å². The molecule has 0 saturated carbocycles. The Hall–Kier alpha value is -2.31. The average molecular weight is 558 g/mol. The van der Waals surface area contributed by atoms with Gasteiger partial charge in [-0.2, -0.15) is 0 Å².